The molecule has 0 unspecified atom stereocenters. The van der Waals surface area contributed by atoms with Gasteiger partial charge in [0.25, 0.3) is 0 Å². The Morgan fingerprint density at radius 2 is 2.17 bits per heavy atom. The van der Waals surface area contributed by atoms with Gasteiger partial charge in [0.05, 0.1) is 13.2 Å². The van der Waals surface area contributed by atoms with Crippen molar-refractivity contribution in [2.75, 3.05) is 13.2 Å². The number of benzene rings is 1. The van der Waals surface area contributed by atoms with Gasteiger partial charge in [0.2, 0.25) is 0 Å². The molecule has 1 fully saturated rings. The summed E-state index contributed by atoms with van der Waals surface area (Å²) in [6.07, 6.45) is 0. The molecule has 1 heterocycles. The smallest absolute Gasteiger partial charge is 0.182 e. The van der Waals surface area contributed by atoms with Crippen LogP contribution in [-0.2, 0) is 10.4 Å². The van der Waals surface area contributed by atoms with E-state index in [2.05, 4.69) is 15.9 Å². The molecule has 0 bridgehead atoms. The van der Waals surface area contributed by atoms with Crippen molar-refractivity contribution < 1.29 is 9.13 Å². The molecule has 1 aromatic rings. The lowest BCUT2D eigenvalue weighted by molar-refractivity contribution is -0.135. The van der Waals surface area contributed by atoms with Gasteiger partial charge in [0, 0.05) is 4.47 Å². The van der Waals surface area contributed by atoms with E-state index in [1.54, 1.807) is 12.1 Å². The van der Waals surface area contributed by atoms with Crippen LogP contribution >= 0.6 is 15.9 Å². The molecule has 1 aromatic carbocycles. The van der Waals surface area contributed by atoms with E-state index in [4.69, 9.17) is 4.74 Å². The van der Waals surface area contributed by atoms with Crippen LogP contribution in [0.15, 0.2) is 28.7 Å². The molecule has 3 heteroatoms. The minimum absolute atomic E-state index is 0.184. The number of hydrogen-bond donors (Lipinski definition) is 0. The predicted octanol–water partition coefficient (Wildman–Crippen LogP) is 2.64. The lowest BCUT2D eigenvalue weighted by Gasteiger charge is -2.34. The van der Waals surface area contributed by atoms with E-state index in [9.17, 15) is 4.39 Å². The second-order valence-electron chi connectivity index (χ2n) is 2.97. The molecule has 0 N–H and O–H groups in total. The molecule has 0 aromatic heterocycles. The Bertz CT molecular complexity index is 296. The Balaban J connectivity index is 2.33. The zero-order valence-corrected chi connectivity index (χ0v) is 7.97. The maximum atomic E-state index is 13.7. The van der Waals surface area contributed by atoms with E-state index in [0.717, 1.165) is 4.47 Å². The second kappa shape index (κ2) is 2.82. The number of halogens is 2. The van der Waals surface area contributed by atoms with Crippen LogP contribution in [0, 0.1) is 0 Å². The molecule has 0 atom stereocenters. The van der Waals surface area contributed by atoms with E-state index in [-0.39, 0.29) is 13.2 Å². The zero-order chi connectivity index (χ0) is 8.60. The molecule has 12 heavy (non-hydrogen) atoms. The van der Waals surface area contributed by atoms with E-state index >= 15 is 0 Å². The standard InChI is InChI=1S/C9H8BrFO/c10-8-3-1-2-7(4-8)9(11)5-12-6-9/h1-4H,5-6H2. The average molecular weight is 231 g/mol. The molecule has 1 aliphatic heterocycles. The largest absolute Gasteiger partial charge is 0.374 e. The molecular weight excluding hydrogens is 223 g/mol. The minimum atomic E-state index is -1.25. The summed E-state index contributed by atoms with van der Waals surface area (Å²) in [6, 6.07) is 7.29. The highest BCUT2D eigenvalue weighted by Gasteiger charge is 2.40. The van der Waals surface area contributed by atoms with Crippen molar-refractivity contribution in [2.24, 2.45) is 0 Å². The Hall–Kier alpha value is -0.410. The van der Waals surface area contributed by atoms with Crippen LogP contribution in [0.2, 0.25) is 0 Å². The summed E-state index contributed by atoms with van der Waals surface area (Å²) in [6.45, 7) is 0.368. The van der Waals surface area contributed by atoms with Gasteiger partial charge in [-0.25, -0.2) is 4.39 Å². The average Bonchev–Trinajstić information content (AvgIpc) is 2.00. The van der Waals surface area contributed by atoms with Crippen molar-refractivity contribution in [2.45, 2.75) is 5.67 Å². The van der Waals surface area contributed by atoms with Crippen molar-refractivity contribution in [1.29, 1.82) is 0 Å². The third kappa shape index (κ3) is 1.27. The molecule has 1 saturated heterocycles. The fraction of sp³-hybridized carbons (Fsp3) is 0.333. The first-order chi connectivity index (χ1) is 5.71. The van der Waals surface area contributed by atoms with E-state index < -0.39 is 5.67 Å². The maximum absolute atomic E-state index is 13.7. The minimum Gasteiger partial charge on any atom is -0.374 e. The highest BCUT2D eigenvalue weighted by Crippen LogP contribution is 2.34. The summed E-state index contributed by atoms with van der Waals surface area (Å²) in [7, 11) is 0. The van der Waals surface area contributed by atoms with Gasteiger partial charge in [-0.05, 0) is 17.7 Å². The summed E-state index contributed by atoms with van der Waals surface area (Å²) >= 11 is 3.30. The normalized spacial score (nSPS) is 20.2. The lowest BCUT2D eigenvalue weighted by atomic mass is 9.94. The van der Waals surface area contributed by atoms with Crippen molar-refractivity contribution in [3.8, 4) is 0 Å². The van der Waals surface area contributed by atoms with Crippen LogP contribution in [0.3, 0.4) is 0 Å². The number of ether oxygens (including phenoxy) is 1. The molecule has 0 spiro atoms. The topological polar surface area (TPSA) is 9.23 Å². The highest BCUT2D eigenvalue weighted by atomic mass is 79.9. The molecule has 64 valence electrons. The summed E-state index contributed by atoms with van der Waals surface area (Å²) in [4.78, 5) is 0. The molecule has 0 radical (unpaired) electrons. The molecule has 0 aliphatic carbocycles. The zero-order valence-electron chi connectivity index (χ0n) is 6.39. The third-order valence-corrected chi connectivity index (χ3v) is 2.50. The molecule has 1 aliphatic rings. The Morgan fingerprint density at radius 1 is 1.42 bits per heavy atom. The molecule has 0 amide bonds. The van der Waals surface area contributed by atoms with E-state index in [1.807, 2.05) is 12.1 Å². The summed E-state index contributed by atoms with van der Waals surface area (Å²) in [5.74, 6) is 0. The summed E-state index contributed by atoms with van der Waals surface area (Å²) in [5, 5.41) is 0. The Kier molecular flexibility index (Phi) is 1.93. The van der Waals surface area contributed by atoms with Crippen LogP contribution in [-0.4, -0.2) is 13.2 Å². The molecule has 0 saturated carbocycles. The number of alkyl halides is 1. The molecule has 1 nitrogen and oxygen atoms in total. The van der Waals surface area contributed by atoms with Gasteiger partial charge < -0.3 is 4.74 Å². The quantitative estimate of drug-likeness (QED) is 0.721. The molecule has 2 rings (SSSR count). The second-order valence-corrected chi connectivity index (χ2v) is 3.88. The molecular formula is C9H8BrFO. The highest BCUT2D eigenvalue weighted by molar-refractivity contribution is 9.10. The summed E-state index contributed by atoms with van der Waals surface area (Å²) < 4.78 is 19.4. The van der Waals surface area contributed by atoms with E-state index in [0.29, 0.717) is 5.56 Å². The van der Waals surface area contributed by atoms with Crippen LogP contribution in [0.25, 0.3) is 0 Å². The maximum Gasteiger partial charge on any atom is 0.182 e. The van der Waals surface area contributed by atoms with Crippen molar-refractivity contribution in [3.05, 3.63) is 34.3 Å². The van der Waals surface area contributed by atoms with E-state index in [1.165, 1.54) is 0 Å². The Labute approximate surface area is 78.7 Å². The van der Waals surface area contributed by atoms with Gasteiger partial charge in [-0.3, -0.25) is 0 Å². The van der Waals surface area contributed by atoms with Crippen LogP contribution in [0.5, 0.6) is 0 Å². The van der Waals surface area contributed by atoms with Gasteiger partial charge >= 0.3 is 0 Å². The fourth-order valence-corrected chi connectivity index (χ4v) is 1.61. The summed E-state index contributed by atoms with van der Waals surface area (Å²) in [5.41, 5.74) is -0.549. The first-order valence-electron chi connectivity index (χ1n) is 3.73. The van der Waals surface area contributed by atoms with Crippen molar-refractivity contribution >= 4 is 15.9 Å². The number of hydrogen-bond acceptors (Lipinski definition) is 1. The lowest BCUT2D eigenvalue weighted by Crippen LogP contribution is -2.42. The first-order valence-corrected chi connectivity index (χ1v) is 4.53. The fourth-order valence-electron chi connectivity index (χ4n) is 1.22. The van der Waals surface area contributed by atoms with Crippen LogP contribution in [0.1, 0.15) is 5.56 Å². The van der Waals surface area contributed by atoms with Crippen LogP contribution in [0.4, 0.5) is 4.39 Å². The van der Waals surface area contributed by atoms with Gasteiger partial charge in [-0.2, -0.15) is 0 Å². The SMILES string of the molecule is FC1(c2cccc(Br)c2)COC1. The van der Waals surface area contributed by atoms with Crippen LogP contribution < -0.4 is 0 Å². The van der Waals surface area contributed by atoms with Gasteiger partial charge in [-0.1, -0.05) is 28.1 Å². The van der Waals surface area contributed by atoms with Gasteiger partial charge in [0.1, 0.15) is 0 Å². The van der Waals surface area contributed by atoms with Gasteiger partial charge in [-0.15, -0.1) is 0 Å². The first kappa shape index (κ1) is 8.20. The van der Waals surface area contributed by atoms with Gasteiger partial charge in [0.15, 0.2) is 5.67 Å². The predicted molar refractivity (Wildman–Crippen MR) is 47.7 cm³/mol. The third-order valence-electron chi connectivity index (χ3n) is 2.00. The number of rotatable bonds is 1. The monoisotopic (exact) mass is 230 g/mol. The van der Waals surface area contributed by atoms with Crippen molar-refractivity contribution in [3.63, 3.8) is 0 Å². The van der Waals surface area contributed by atoms with Crippen molar-refractivity contribution in [1.82, 2.24) is 0 Å². The Morgan fingerprint density at radius 3 is 2.67 bits per heavy atom.